The van der Waals surface area contributed by atoms with Crippen LogP contribution in [0.15, 0.2) is 146 Å². The topological polar surface area (TPSA) is 0 Å². The summed E-state index contributed by atoms with van der Waals surface area (Å²) in [4.78, 5) is 0. The minimum absolute atomic E-state index is 0.327. The van der Waals surface area contributed by atoms with Gasteiger partial charge in [0.05, 0.1) is 5.41 Å². The minimum Gasteiger partial charge on any atom is -0.0622 e. The molecule has 0 saturated heterocycles. The first-order valence-electron chi connectivity index (χ1n) is 12.7. The molecule has 7 rings (SSSR count). The zero-order chi connectivity index (χ0) is 24.0. The third kappa shape index (κ3) is 3.08. The van der Waals surface area contributed by atoms with Crippen molar-refractivity contribution in [1.82, 2.24) is 0 Å². The Morgan fingerprint density at radius 2 is 0.972 bits per heavy atom. The average molecular weight is 459 g/mol. The Morgan fingerprint density at radius 1 is 0.417 bits per heavy atom. The van der Waals surface area contributed by atoms with Gasteiger partial charge in [-0.05, 0) is 61.7 Å². The normalized spacial score (nSPS) is 13.3. The maximum absolute atomic E-state index is 2.35. The molecule has 0 spiro atoms. The molecule has 0 N–H and O–H groups in total. The van der Waals surface area contributed by atoms with Crippen LogP contribution in [-0.2, 0) is 11.8 Å². The van der Waals surface area contributed by atoms with Gasteiger partial charge in [0.1, 0.15) is 0 Å². The molecule has 0 heteroatoms. The van der Waals surface area contributed by atoms with Crippen LogP contribution in [0.1, 0.15) is 33.4 Å². The van der Waals surface area contributed by atoms with Crippen molar-refractivity contribution in [3.8, 4) is 11.1 Å². The molecular formula is C36H26. The highest BCUT2D eigenvalue weighted by atomic mass is 14.5. The van der Waals surface area contributed by atoms with E-state index in [-0.39, 0.29) is 5.41 Å². The Labute approximate surface area is 212 Å². The number of rotatable bonds is 4. The largest absolute Gasteiger partial charge is 0.0713 e. The van der Waals surface area contributed by atoms with E-state index in [2.05, 4.69) is 146 Å². The van der Waals surface area contributed by atoms with Gasteiger partial charge in [-0.3, -0.25) is 0 Å². The van der Waals surface area contributed by atoms with Crippen LogP contribution < -0.4 is 0 Å². The second-order valence-electron chi connectivity index (χ2n) is 9.72. The van der Waals surface area contributed by atoms with E-state index in [4.69, 9.17) is 0 Å². The van der Waals surface area contributed by atoms with Gasteiger partial charge in [0, 0.05) is 0 Å². The van der Waals surface area contributed by atoms with Crippen molar-refractivity contribution in [3.63, 3.8) is 0 Å². The highest BCUT2D eigenvalue weighted by Gasteiger charge is 2.45. The van der Waals surface area contributed by atoms with Crippen molar-refractivity contribution in [2.24, 2.45) is 0 Å². The van der Waals surface area contributed by atoms with Gasteiger partial charge in [0.25, 0.3) is 0 Å². The molecule has 1 aliphatic rings. The highest BCUT2D eigenvalue weighted by Crippen LogP contribution is 2.55. The van der Waals surface area contributed by atoms with Crippen molar-refractivity contribution in [2.75, 3.05) is 0 Å². The lowest BCUT2D eigenvalue weighted by Crippen LogP contribution is -2.28. The van der Waals surface area contributed by atoms with E-state index in [0.29, 0.717) is 0 Å². The molecule has 6 aromatic carbocycles. The van der Waals surface area contributed by atoms with Gasteiger partial charge in [-0.25, -0.2) is 0 Å². The molecular weight excluding hydrogens is 432 g/mol. The van der Waals surface area contributed by atoms with Crippen LogP contribution in [0.4, 0.5) is 0 Å². The first kappa shape index (κ1) is 20.9. The third-order valence-electron chi connectivity index (χ3n) is 7.82. The van der Waals surface area contributed by atoms with E-state index in [1.54, 1.807) is 0 Å². The molecule has 6 aromatic rings. The van der Waals surface area contributed by atoms with Gasteiger partial charge in [0.2, 0.25) is 0 Å². The van der Waals surface area contributed by atoms with Gasteiger partial charge < -0.3 is 0 Å². The number of fused-ring (bicyclic) bond motifs is 4. The molecule has 0 unspecified atom stereocenters. The first-order valence-corrected chi connectivity index (χ1v) is 12.7. The summed E-state index contributed by atoms with van der Waals surface area (Å²) in [7, 11) is 0. The molecule has 0 bridgehead atoms. The monoisotopic (exact) mass is 458 g/mol. The molecule has 0 aromatic heterocycles. The zero-order valence-corrected chi connectivity index (χ0v) is 20.1. The first-order chi connectivity index (χ1) is 17.9. The van der Waals surface area contributed by atoms with Crippen LogP contribution in [0.2, 0.25) is 0 Å². The number of hydrogen-bond acceptors (Lipinski definition) is 0. The summed E-state index contributed by atoms with van der Waals surface area (Å²) in [6, 6.07) is 53.5. The van der Waals surface area contributed by atoms with Crippen molar-refractivity contribution >= 4 is 10.8 Å². The van der Waals surface area contributed by atoms with Gasteiger partial charge in [-0.1, -0.05) is 146 Å². The molecule has 0 aliphatic heterocycles. The van der Waals surface area contributed by atoms with E-state index in [1.807, 2.05) is 0 Å². The smallest absolute Gasteiger partial charge is 0.0622 e. The molecule has 0 fully saturated rings. The van der Waals surface area contributed by atoms with Gasteiger partial charge in [-0.15, -0.1) is 0 Å². The van der Waals surface area contributed by atoms with Gasteiger partial charge in [0.15, 0.2) is 0 Å². The van der Waals surface area contributed by atoms with Crippen molar-refractivity contribution in [1.29, 1.82) is 0 Å². The standard InChI is InChI=1S/C36H26/c1-2-14-29(15-3-1)36(34-19-8-6-17-32(34)33-18-7-9-20-35(33)36)30-23-21-26(22-24-30)25-28-13-10-12-27-11-4-5-16-31(27)28/h1-24H,25H2. The molecule has 0 saturated carbocycles. The fraction of sp³-hybridized carbons (Fsp3) is 0.0556. The Balaban J connectivity index is 1.39. The van der Waals surface area contributed by atoms with Crippen LogP contribution in [0.5, 0.6) is 0 Å². The summed E-state index contributed by atoms with van der Waals surface area (Å²) >= 11 is 0. The van der Waals surface area contributed by atoms with E-state index in [0.717, 1.165) is 6.42 Å². The summed E-state index contributed by atoms with van der Waals surface area (Å²) in [5.74, 6) is 0. The third-order valence-corrected chi connectivity index (χ3v) is 7.82. The molecule has 170 valence electrons. The zero-order valence-electron chi connectivity index (χ0n) is 20.1. The Hall–Kier alpha value is -4.42. The van der Waals surface area contributed by atoms with Gasteiger partial charge in [-0.2, -0.15) is 0 Å². The van der Waals surface area contributed by atoms with Crippen molar-refractivity contribution in [2.45, 2.75) is 11.8 Å². The summed E-state index contributed by atoms with van der Waals surface area (Å²) in [5.41, 5.74) is 10.4. The van der Waals surface area contributed by atoms with Crippen LogP contribution >= 0.6 is 0 Å². The Kier molecular flexibility index (Phi) is 4.85. The Bertz CT molecular complexity index is 1640. The van der Waals surface area contributed by atoms with E-state index >= 15 is 0 Å². The predicted octanol–water partition coefficient (Wildman–Crippen LogP) is 8.79. The minimum atomic E-state index is -0.327. The molecule has 0 nitrogen and oxygen atoms in total. The second-order valence-corrected chi connectivity index (χ2v) is 9.72. The molecule has 0 amide bonds. The SMILES string of the molecule is c1ccc(C2(c3ccc(Cc4cccc5ccccc45)cc3)c3ccccc3-c3ccccc32)cc1. The molecule has 36 heavy (non-hydrogen) atoms. The summed E-state index contributed by atoms with van der Waals surface area (Å²) in [6.45, 7) is 0. The van der Waals surface area contributed by atoms with E-state index < -0.39 is 0 Å². The molecule has 0 radical (unpaired) electrons. The fourth-order valence-corrected chi connectivity index (χ4v) is 6.25. The van der Waals surface area contributed by atoms with E-state index in [9.17, 15) is 0 Å². The van der Waals surface area contributed by atoms with Crippen LogP contribution in [0.25, 0.3) is 21.9 Å². The second kappa shape index (κ2) is 8.36. The lowest BCUT2D eigenvalue weighted by Gasteiger charge is -2.34. The molecule has 0 atom stereocenters. The maximum atomic E-state index is 2.35. The van der Waals surface area contributed by atoms with Crippen molar-refractivity contribution < 1.29 is 0 Å². The number of benzene rings is 6. The lowest BCUT2D eigenvalue weighted by molar-refractivity contribution is 0.767. The quantitative estimate of drug-likeness (QED) is 0.247. The lowest BCUT2D eigenvalue weighted by atomic mass is 9.67. The summed E-state index contributed by atoms with van der Waals surface area (Å²) in [6.07, 6.45) is 0.924. The predicted molar refractivity (Wildman–Crippen MR) is 150 cm³/mol. The average Bonchev–Trinajstić information content (AvgIpc) is 3.26. The Morgan fingerprint density at radius 3 is 1.69 bits per heavy atom. The highest BCUT2D eigenvalue weighted by molar-refractivity contribution is 5.87. The maximum Gasteiger partial charge on any atom is 0.0713 e. The van der Waals surface area contributed by atoms with Crippen LogP contribution in [-0.4, -0.2) is 0 Å². The molecule has 0 heterocycles. The molecule has 1 aliphatic carbocycles. The van der Waals surface area contributed by atoms with Crippen molar-refractivity contribution in [3.05, 3.63) is 179 Å². The van der Waals surface area contributed by atoms with Crippen LogP contribution in [0, 0.1) is 0 Å². The van der Waals surface area contributed by atoms with Crippen LogP contribution in [0.3, 0.4) is 0 Å². The summed E-state index contributed by atoms with van der Waals surface area (Å²) < 4.78 is 0. The summed E-state index contributed by atoms with van der Waals surface area (Å²) in [5, 5.41) is 2.64. The van der Waals surface area contributed by atoms with Gasteiger partial charge >= 0.3 is 0 Å². The fourth-order valence-electron chi connectivity index (χ4n) is 6.25. The van der Waals surface area contributed by atoms with E-state index in [1.165, 1.54) is 55.3 Å². The number of hydrogen-bond donors (Lipinski definition) is 0.